The van der Waals surface area contributed by atoms with Crippen molar-refractivity contribution in [1.29, 1.82) is 0 Å². The highest BCUT2D eigenvalue weighted by Crippen LogP contribution is 2.28. The third kappa shape index (κ3) is 2.71. The van der Waals surface area contributed by atoms with E-state index in [0.717, 1.165) is 25.1 Å². The van der Waals surface area contributed by atoms with Crippen LogP contribution in [0.5, 0.6) is 0 Å². The lowest BCUT2D eigenvalue weighted by Gasteiger charge is -2.23. The minimum Gasteiger partial charge on any atom is -0.387 e. The molecule has 2 aliphatic heterocycles. The number of nitrogens with one attached hydrogen (secondary N) is 1. The van der Waals surface area contributed by atoms with Crippen LogP contribution in [0.3, 0.4) is 0 Å². The molecule has 0 spiro atoms. The molecule has 2 heterocycles. The summed E-state index contributed by atoms with van der Waals surface area (Å²) in [5.41, 5.74) is 0.415. The largest absolute Gasteiger partial charge is 0.387 e. The molecule has 5 heteroatoms. The summed E-state index contributed by atoms with van der Waals surface area (Å²) >= 11 is 0. The van der Waals surface area contributed by atoms with E-state index in [9.17, 15) is 13.9 Å². The van der Waals surface area contributed by atoms with Gasteiger partial charge in [0.15, 0.2) is 11.6 Å². The summed E-state index contributed by atoms with van der Waals surface area (Å²) in [6.07, 6.45) is 2.74. The highest BCUT2D eigenvalue weighted by atomic mass is 19.2. The molecule has 3 atom stereocenters. The Kier molecular flexibility index (Phi) is 4.01. The smallest absolute Gasteiger partial charge is 0.159 e. The van der Waals surface area contributed by atoms with E-state index in [0.29, 0.717) is 24.2 Å². The first kappa shape index (κ1) is 13.9. The summed E-state index contributed by atoms with van der Waals surface area (Å²) in [5, 5.41) is 13.4. The van der Waals surface area contributed by atoms with Gasteiger partial charge in [-0.1, -0.05) is 6.07 Å². The molecule has 110 valence electrons. The molecule has 0 saturated carbocycles. The number of hydrogen-bond donors (Lipinski definition) is 2. The summed E-state index contributed by atoms with van der Waals surface area (Å²) in [4.78, 5) is 2.49. The van der Waals surface area contributed by atoms with Gasteiger partial charge in [-0.3, -0.25) is 4.90 Å². The SMILES string of the molecule is OC(CNC1CCN2CCCC12)c1ccc(F)c(F)c1. The summed E-state index contributed by atoms with van der Waals surface area (Å²) in [6, 6.07) is 4.53. The molecule has 2 fully saturated rings. The van der Waals surface area contributed by atoms with E-state index in [-0.39, 0.29) is 0 Å². The lowest BCUT2D eigenvalue weighted by atomic mass is 10.0. The van der Waals surface area contributed by atoms with Crippen LogP contribution in [0.4, 0.5) is 8.78 Å². The van der Waals surface area contributed by atoms with Crippen molar-refractivity contribution in [3.05, 3.63) is 35.4 Å². The molecule has 2 N–H and O–H groups in total. The average Bonchev–Trinajstić information content (AvgIpc) is 3.02. The van der Waals surface area contributed by atoms with Gasteiger partial charge in [-0.25, -0.2) is 8.78 Å². The second kappa shape index (κ2) is 5.76. The molecule has 0 aliphatic carbocycles. The van der Waals surface area contributed by atoms with Gasteiger partial charge in [-0.2, -0.15) is 0 Å². The predicted octanol–water partition coefficient (Wildman–Crippen LogP) is 1.82. The lowest BCUT2D eigenvalue weighted by molar-refractivity contribution is 0.165. The Morgan fingerprint density at radius 2 is 2.10 bits per heavy atom. The molecule has 1 aromatic carbocycles. The molecule has 20 heavy (non-hydrogen) atoms. The highest BCUT2D eigenvalue weighted by Gasteiger charge is 2.36. The molecule has 0 amide bonds. The first-order chi connectivity index (χ1) is 9.65. The van der Waals surface area contributed by atoms with Gasteiger partial charge < -0.3 is 10.4 Å². The molecule has 0 aromatic heterocycles. The minimum absolute atomic E-state index is 0.375. The number of fused-ring (bicyclic) bond motifs is 1. The van der Waals surface area contributed by atoms with Crippen molar-refractivity contribution in [2.24, 2.45) is 0 Å². The normalized spacial score (nSPS) is 27.8. The molecular formula is C15H20F2N2O. The van der Waals surface area contributed by atoms with Crippen LogP contribution >= 0.6 is 0 Å². The third-order valence-corrected chi connectivity index (χ3v) is 4.51. The van der Waals surface area contributed by atoms with Crippen LogP contribution in [0.2, 0.25) is 0 Å². The fraction of sp³-hybridized carbons (Fsp3) is 0.600. The van der Waals surface area contributed by atoms with Gasteiger partial charge in [-0.15, -0.1) is 0 Å². The van der Waals surface area contributed by atoms with Crippen LogP contribution in [0.1, 0.15) is 30.9 Å². The van der Waals surface area contributed by atoms with Gasteiger partial charge in [0.25, 0.3) is 0 Å². The van der Waals surface area contributed by atoms with Crippen molar-refractivity contribution in [2.45, 2.75) is 37.5 Å². The topological polar surface area (TPSA) is 35.5 Å². The van der Waals surface area contributed by atoms with E-state index in [1.807, 2.05) is 0 Å². The van der Waals surface area contributed by atoms with Crippen LogP contribution in [-0.2, 0) is 0 Å². The van der Waals surface area contributed by atoms with Crippen LogP contribution in [0, 0.1) is 11.6 Å². The standard InChI is InChI=1S/C15H20F2N2O/c16-11-4-3-10(8-12(11)17)15(20)9-18-13-5-7-19-6-1-2-14(13)19/h3-4,8,13-15,18,20H,1-2,5-7,9H2. The monoisotopic (exact) mass is 282 g/mol. The van der Waals surface area contributed by atoms with Gasteiger partial charge in [0.05, 0.1) is 6.10 Å². The number of aliphatic hydroxyl groups is 1. The Morgan fingerprint density at radius 3 is 2.90 bits per heavy atom. The zero-order chi connectivity index (χ0) is 14.1. The fourth-order valence-corrected chi connectivity index (χ4v) is 3.42. The van der Waals surface area contributed by atoms with Crippen molar-refractivity contribution < 1.29 is 13.9 Å². The molecule has 1 aromatic rings. The fourth-order valence-electron chi connectivity index (χ4n) is 3.42. The van der Waals surface area contributed by atoms with E-state index in [4.69, 9.17) is 0 Å². The van der Waals surface area contributed by atoms with Gasteiger partial charge in [0.2, 0.25) is 0 Å². The zero-order valence-corrected chi connectivity index (χ0v) is 11.4. The van der Waals surface area contributed by atoms with Gasteiger partial charge in [-0.05, 0) is 43.5 Å². The number of nitrogens with zero attached hydrogens (tertiary/aromatic N) is 1. The Bertz CT molecular complexity index is 483. The van der Waals surface area contributed by atoms with Gasteiger partial charge in [0, 0.05) is 25.2 Å². The second-order valence-electron chi connectivity index (χ2n) is 5.74. The van der Waals surface area contributed by atoms with E-state index in [1.165, 1.54) is 25.5 Å². The first-order valence-electron chi connectivity index (χ1n) is 7.25. The van der Waals surface area contributed by atoms with Crippen molar-refractivity contribution in [3.63, 3.8) is 0 Å². The number of rotatable bonds is 4. The maximum atomic E-state index is 13.1. The molecule has 2 aliphatic rings. The van der Waals surface area contributed by atoms with Crippen molar-refractivity contribution in [3.8, 4) is 0 Å². The van der Waals surface area contributed by atoms with E-state index < -0.39 is 17.7 Å². The third-order valence-electron chi connectivity index (χ3n) is 4.51. The highest BCUT2D eigenvalue weighted by molar-refractivity contribution is 5.20. The van der Waals surface area contributed by atoms with Crippen LogP contribution in [0.15, 0.2) is 18.2 Å². The van der Waals surface area contributed by atoms with Crippen molar-refractivity contribution >= 4 is 0 Å². The summed E-state index contributed by atoms with van der Waals surface area (Å²) in [5.74, 6) is -1.80. The Morgan fingerprint density at radius 1 is 1.25 bits per heavy atom. The molecule has 0 radical (unpaired) electrons. The maximum absolute atomic E-state index is 13.1. The van der Waals surface area contributed by atoms with Crippen molar-refractivity contribution in [1.82, 2.24) is 10.2 Å². The summed E-state index contributed by atoms with van der Waals surface area (Å²) in [7, 11) is 0. The quantitative estimate of drug-likeness (QED) is 0.884. The van der Waals surface area contributed by atoms with Crippen LogP contribution in [0.25, 0.3) is 0 Å². The van der Waals surface area contributed by atoms with Gasteiger partial charge >= 0.3 is 0 Å². The molecule has 3 unspecified atom stereocenters. The lowest BCUT2D eigenvalue weighted by Crippen LogP contribution is -2.40. The minimum atomic E-state index is -0.913. The molecule has 3 nitrogen and oxygen atoms in total. The van der Waals surface area contributed by atoms with Gasteiger partial charge in [0.1, 0.15) is 0 Å². The number of benzene rings is 1. The second-order valence-corrected chi connectivity index (χ2v) is 5.74. The zero-order valence-electron chi connectivity index (χ0n) is 11.4. The van der Waals surface area contributed by atoms with E-state index in [2.05, 4.69) is 10.2 Å². The van der Waals surface area contributed by atoms with E-state index >= 15 is 0 Å². The number of aliphatic hydroxyl groups excluding tert-OH is 1. The van der Waals surface area contributed by atoms with Crippen molar-refractivity contribution in [2.75, 3.05) is 19.6 Å². The molecule has 3 rings (SSSR count). The van der Waals surface area contributed by atoms with Crippen LogP contribution in [-0.4, -0.2) is 41.7 Å². The Hall–Kier alpha value is -1.04. The Labute approximate surface area is 117 Å². The molecule has 0 bridgehead atoms. The average molecular weight is 282 g/mol. The van der Waals surface area contributed by atoms with E-state index in [1.54, 1.807) is 0 Å². The molecule has 2 saturated heterocycles. The predicted molar refractivity (Wildman–Crippen MR) is 72.3 cm³/mol. The number of hydrogen-bond acceptors (Lipinski definition) is 3. The summed E-state index contributed by atoms with van der Waals surface area (Å²) in [6.45, 7) is 2.66. The first-order valence-corrected chi connectivity index (χ1v) is 7.25. The molecular weight excluding hydrogens is 262 g/mol. The maximum Gasteiger partial charge on any atom is 0.159 e. The van der Waals surface area contributed by atoms with Crippen LogP contribution < -0.4 is 5.32 Å². The summed E-state index contributed by atoms with van der Waals surface area (Å²) < 4.78 is 26.0. The Balaban J connectivity index is 1.56. The number of halogens is 2.